The van der Waals surface area contributed by atoms with Crippen LogP contribution in [0.1, 0.15) is 38.7 Å². The third-order valence-corrected chi connectivity index (χ3v) is 3.55. The number of rotatable bonds is 5. The molecule has 0 spiro atoms. The highest BCUT2D eigenvalue weighted by Crippen LogP contribution is 2.19. The molecule has 104 valence electrons. The first-order chi connectivity index (χ1) is 9.20. The van der Waals surface area contributed by atoms with Gasteiger partial charge >= 0.3 is 0 Å². The van der Waals surface area contributed by atoms with E-state index in [1.165, 1.54) is 0 Å². The second-order valence-electron chi connectivity index (χ2n) is 5.28. The number of nitrogens with zero attached hydrogens (tertiary/aromatic N) is 2. The Labute approximate surface area is 115 Å². The number of anilines is 1. The van der Waals surface area contributed by atoms with Crippen molar-refractivity contribution in [3.05, 3.63) is 23.9 Å². The van der Waals surface area contributed by atoms with E-state index in [4.69, 9.17) is 0 Å². The Bertz CT molecular complexity index is 416. The predicted octanol–water partition coefficient (Wildman–Crippen LogP) is 2.66. The number of pyridine rings is 1. The van der Waals surface area contributed by atoms with Gasteiger partial charge in [-0.15, -0.1) is 0 Å². The van der Waals surface area contributed by atoms with Crippen molar-refractivity contribution in [2.45, 2.75) is 39.7 Å². The van der Waals surface area contributed by atoms with E-state index < -0.39 is 0 Å². The number of aromatic nitrogens is 1. The maximum absolute atomic E-state index is 12.0. The topological polar surface area (TPSA) is 45.2 Å². The molecular formula is C15H23N3O. The lowest BCUT2D eigenvalue weighted by Gasteiger charge is -2.30. The molecule has 1 amide bonds. The Morgan fingerprint density at radius 3 is 3.00 bits per heavy atom. The molecule has 1 fully saturated rings. The highest BCUT2D eigenvalue weighted by atomic mass is 16.2. The summed E-state index contributed by atoms with van der Waals surface area (Å²) < 4.78 is 0. The molecule has 0 saturated carbocycles. The number of likely N-dealkylation sites (tertiary alicyclic amines) is 1. The number of carbonyl (C=O) groups excluding carboxylic acids is 1. The van der Waals surface area contributed by atoms with Crippen LogP contribution < -0.4 is 5.32 Å². The van der Waals surface area contributed by atoms with Gasteiger partial charge in [0.2, 0.25) is 5.91 Å². The minimum atomic E-state index is 0.173. The van der Waals surface area contributed by atoms with E-state index in [0.29, 0.717) is 6.54 Å². The largest absolute Gasteiger partial charge is 0.370 e. The lowest BCUT2D eigenvalue weighted by Crippen LogP contribution is -2.39. The van der Waals surface area contributed by atoms with E-state index in [9.17, 15) is 4.79 Å². The number of nitrogens with one attached hydrogen (secondary N) is 1. The highest BCUT2D eigenvalue weighted by molar-refractivity contribution is 5.79. The van der Waals surface area contributed by atoms with E-state index >= 15 is 0 Å². The van der Waals surface area contributed by atoms with Gasteiger partial charge in [0.15, 0.2) is 0 Å². The number of hydrogen-bond donors (Lipinski definition) is 1. The van der Waals surface area contributed by atoms with Gasteiger partial charge in [0.1, 0.15) is 5.82 Å². The van der Waals surface area contributed by atoms with Gasteiger partial charge in [0, 0.05) is 31.7 Å². The van der Waals surface area contributed by atoms with Crippen molar-refractivity contribution in [2.24, 2.45) is 5.92 Å². The smallest absolute Gasteiger partial charge is 0.225 e. The van der Waals surface area contributed by atoms with Gasteiger partial charge in [-0.1, -0.05) is 19.9 Å². The van der Waals surface area contributed by atoms with Crippen LogP contribution in [0.25, 0.3) is 0 Å². The molecule has 0 aliphatic carbocycles. The lowest BCUT2D eigenvalue weighted by molar-refractivity contribution is -0.138. The van der Waals surface area contributed by atoms with Crippen molar-refractivity contribution in [3.63, 3.8) is 0 Å². The number of amides is 1. The molecule has 1 aliphatic heterocycles. The summed E-state index contributed by atoms with van der Waals surface area (Å²) in [5.41, 5.74) is 1.10. The number of piperidine rings is 1. The van der Waals surface area contributed by atoms with Crippen molar-refractivity contribution in [2.75, 3.05) is 18.4 Å². The van der Waals surface area contributed by atoms with E-state index in [2.05, 4.69) is 23.3 Å². The van der Waals surface area contributed by atoms with Crippen LogP contribution >= 0.6 is 0 Å². The second kappa shape index (κ2) is 6.55. The van der Waals surface area contributed by atoms with Crippen molar-refractivity contribution >= 4 is 11.7 Å². The van der Waals surface area contributed by atoms with Crippen LogP contribution in [-0.4, -0.2) is 28.9 Å². The third kappa shape index (κ3) is 3.69. The fourth-order valence-corrected chi connectivity index (χ4v) is 2.39. The summed E-state index contributed by atoms with van der Waals surface area (Å²) in [6.45, 7) is 6.65. The summed E-state index contributed by atoms with van der Waals surface area (Å²) in [5, 5.41) is 3.25. The van der Waals surface area contributed by atoms with Crippen LogP contribution in [0.2, 0.25) is 0 Å². The Balaban J connectivity index is 1.93. The van der Waals surface area contributed by atoms with E-state index in [-0.39, 0.29) is 11.8 Å². The summed E-state index contributed by atoms with van der Waals surface area (Å²) in [5.74, 6) is 1.36. The zero-order valence-corrected chi connectivity index (χ0v) is 11.9. The Morgan fingerprint density at radius 2 is 2.32 bits per heavy atom. The first-order valence-electron chi connectivity index (χ1n) is 7.18. The van der Waals surface area contributed by atoms with Gasteiger partial charge in [-0.2, -0.15) is 0 Å². The Hall–Kier alpha value is -1.58. The first kappa shape index (κ1) is 13.8. The minimum Gasteiger partial charge on any atom is -0.370 e. The Morgan fingerprint density at radius 1 is 1.47 bits per heavy atom. The fraction of sp³-hybridized carbons (Fsp3) is 0.600. The van der Waals surface area contributed by atoms with Gasteiger partial charge in [0.25, 0.3) is 0 Å². The van der Waals surface area contributed by atoms with E-state index in [1.54, 1.807) is 0 Å². The van der Waals surface area contributed by atoms with Crippen molar-refractivity contribution in [3.8, 4) is 0 Å². The quantitative estimate of drug-likeness (QED) is 0.886. The van der Waals surface area contributed by atoms with Gasteiger partial charge in [-0.05, 0) is 30.9 Å². The van der Waals surface area contributed by atoms with E-state index in [1.807, 2.05) is 24.1 Å². The molecule has 1 atom stereocenters. The molecular weight excluding hydrogens is 238 g/mol. The number of carbonyl (C=O) groups is 1. The van der Waals surface area contributed by atoms with Crippen LogP contribution in [0.5, 0.6) is 0 Å². The van der Waals surface area contributed by atoms with Crippen LogP contribution in [0.3, 0.4) is 0 Å². The summed E-state index contributed by atoms with van der Waals surface area (Å²) in [4.78, 5) is 18.4. The lowest BCUT2D eigenvalue weighted by atomic mass is 9.99. The maximum Gasteiger partial charge on any atom is 0.225 e. The van der Waals surface area contributed by atoms with Gasteiger partial charge < -0.3 is 10.2 Å². The zero-order chi connectivity index (χ0) is 13.7. The maximum atomic E-state index is 12.0. The molecule has 0 aromatic carbocycles. The highest BCUT2D eigenvalue weighted by Gasteiger charge is 2.24. The summed E-state index contributed by atoms with van der Waals surface area (Å²) in [6.07, 6.45) is 5.08. The molecule has 1 aliphatic rings. The standard InChI is InChI=1S/C15H23N3O/c1-3-8-16-14-7-6-13(10-17-14)11-18-9-4-5-12(2)15(18)19/h6-7,10,12H,3-5,8-9,11H2,1-2H3,(H,16,17). The molecule has 0 bridgehead atoms. The summed E-state index contributed by atoms with van der Waals surface area (Å²) >= 11 is 0. The summed E-state index contributed by atoms with van der Waals surface area (Å²) in [7, 11) is 0. The molecule has 4 heteroatoms. The molecule has 2 rings (SSSR count). The van der Waals surface area contributed by atoms with Crippen LogP contribution in [0.4, 0.5) is 5.82 Å². The van der Waals surface area contributed by atoms with Crippen molar-refractivity contribution in [1.29, 1.82) is 0 Å². The van der Waals surface area contributed by atoms with Crippen molar-refractivity contribution < 1.29 is 4.79 Å². The second-order valence-corrected chi connectivity index (χ2v) is 5.28. The van der Waals surface area contributed by atoms with Crippen LogP contribution in [0.15, 0.2) is 18.3 Å². The fourth-order valence-electron chi connectivity index (χ4n) is 2.39. The average molecular weight is 261 g/mol. The summed E-state index contributed by atoms with van der Waals surface area (Å²) in [6, 6.07) is 4.04. The van der Waals surface area contributed by atoms with E-state index in [0.717, 1.165) is 43.7 Å². The van der Waals surface area contributed by atoms with Crippen LogP contribution in [-0.2, 0) is 11.3 Å². The van der Waals surface area contributed by atoms with Gasteiger partial charge in [-0.3, -0.25) is 4.79 Å². The SMILES string of the molecule is CCCNc1ccc(CN2CCCC(C)C2=O)cn1. The Kier molecular flexibility index (Phi) is 4.77. The monoisotopic (exact) mass is 261 g/mol. The first-order valence-corrected chi connectivity index (χ1v) is 7.18. The number of hydrogen-bond acceptors (Lipinski definition) is 3. The molecule has 1 N–H and O–H groups in total. The third-order valence-electron chi connectivity index (χ3n) is 3.55. The molecule has 1 aromatic heterocycles. The molecule has 1 saturated heterocycles. The van der Waals surface area contributed by atoms with Crippen molar-refractivity contribution in [1.82, 2.24) is 9.88 Å². The van der Waals surface area contributed by atoms with Crippen LogP contribution in [0, 0.1) is 5.92 Å². The average Bonchev–Trinajstić information content (AvgIpc) is 2.43. The molecule has 4 nitrogen and oxygen atoms in total. The normalized spacial score (nSPS) is 19.6. The van der Waals surface area contributed by atoms with Gasteiger partial charge in [-0.25, -0.2) is 4.98 Å². The minimum absolute atomic E-state index is 0.173. The molecule has 1 aromatic rings. The zero-order valence-electron chi connectivity index (χ0n) is 11.9. The molecule has 2 heterocycles. The molecule has 19 heavy (non-hydrogen) atoms. The predicted molar refractivity (Wildman–Crippen MR) is 76.8 cm³/mol. The van der Waals surface area contributed by atoms with Gasteiger partial charge in [0.05, 0.1) is 0 Å². The molecule has 1 unspecified atom stereocenters. The molecule has 0 radical (unpaired) electrons.